The quantitative estimate of drug-likeness (QED) is 0.299. The van der Waals surface area contributed by atoms with Gasteiger partial charge in [-0.2, -0.15) is 0 Å². The van der Waals surface area contributed by atoms with Gasteiger partial charge in [-0.1, -0.05) is 49.8 Å². The first kappa shape index (κ1) is 14.9. The van der Waals surface area contributed by atoms with Crippen LogP contribution >= 0.6 is 22.6 Å². The van der Waals surface area contributed by atoms with E-state index in [9.17, 15) is 0 Å². The number of alkyl halides is 1. The fourth-order valence-corrected chi connectivity index (χ4v) is 2.54. The van der Waals surface area contributed by atoms with E-state index in [1.54, 1.807) is 0 Å². The van der Waals surface area contributed by atoms with Gasteiger partial charge in [-0.25, -0.2) is 0 Å². The predicted molar refractivity (Wildman–Crippen MR) is 75.9 cm³/mol. The third kappa shape index (κ3) is 5.71. The molecule has 0 N–H and O–H groups in total. The molecule has 0 aliphatic carbocycles. The van der Waals surface area contributed by atoms with Crippen molar-refractivity contribution in [2.75, 3.05) is 11.0 Å². The second-order valence-corrected chi connectivity index (χ2v) is 11.2. The largest absolute Gasteiger partial charge is 0.417 e. The van der Waals surface area contributed by atoms with Gasteiger partial charge in [-0.05, 0) is 35.4 Å². The standard InChI is InChI=1S/C11H25IOSi/c1-11(2,3)14(4,5)13-10-8-6-7-9-12/h6-10H2,1-5H3. The van der Waals surface area contributed by atoms with Crippen molar-refractivity contribution in [3.05, 3.63) is 0 Å². The molecule has 0 radical (unpaired) electrons. The van der Waals surface area contributed by atoms with Crippen LogP contribution in [0.4, 0.5) is 0 Å². The molecule has 0 aliphatic rings. The Hall–Kier alpha value is 0.907. The molecule has 0 saturated heterocycles. The maximum atomic E-state index is 6.08. The van der Waals surface area contributed by atoms with Gasteiger partial charge in [0.2, 0.25) is 0 Å². The molecule has 0 atom stereocenters. The summed E-state index contributed by atoms with van der Waals surface area (Å²) in [5, 5.41) is 0.357. The maximum Gasteiger partial charge on any atom is 0.191 e. The highest BCUT2D eigenvalue weighted by molar-refractivity contribution is 14.1. The van der Waals surface area contributed by atoms with E-state index in [4.69, 9.17) is 4.43 Å². The van der Waals surface area contributed by atoms with Crippen molar-refractivity contribution in [2.45, 2.75) is 58.2 Å². The second-order valence-electron chi connectivity index (χ2n) is 5.36. The van der Waals surface area contributed by atoms with Crippen LogP contribution in [0.5, 0.6) is 0 Å². The summed E-state index contributed by atoms with van der Waals surface area (Å²) < 4.78 is 7.35. The molecule has 0 aromatic rings. The lowest BCUT2D eigenvalue weighted by molar-refractivity contribution is 0.279. The van der Waals surface area contributed by atoms with Crippen molar-refractivity contribution < 1.29 is 4.43 Å². The Kier molecular flexibility index (Phi) is 6.90. The third-order valence-corrected chi connectivity index (χ3v) is 8.35. The number of rotatable bonds is 6. The first-order valence-electron chi connectivity index (χ1n) is 5.51. The number of unbranched alkanes of at least 4 members (excludes halogenated alkanes) is 2. The van der Waals surface area contributed by atoms with Gasteiger partial charge in [0, 0.05) is 6.61 Å². The van der Waals surface area contributed by atoms with Crippen molar-refractivity contribution in [2.24, 2.45) is 0 Å². The summed E-state index contributed by atoms with van der Waals surface area (Å²) in [5.74, 6) is 0. The van der Waals surface area contributed by atoms with Crippen LogP contribution in [0.3, 0.4) is 0 Å². The van der Waals surface area contributed by atoms with Crippen molar-refractivity contribution in [1.29, 1.82) is 0 Å². The smallest absolute Gasteiger partial charge is 0.191 e. The van der Waals surface area contributed by atoms with E-state index in [-0.39, 0.29) is 0 Å². The summed E-state index contributed by atoms with van der Waals surface area (Å²) in [6, 6.07) is 0. The molecule has 0 aliphatic heterocycles. The molecular formula is C11H25IOSi. The first-order valence-corrected chi connectivity index (χ1v) is 9.94. The molecule has 0 bridgehead atoms. The van der Waals surface area contributed by atoms with Gasteiger partial charge in [0.1, 0.15) is 0 Å². The van der Waals surface area contributed by atoms with E-state index < -0.39 is 8.32 Å². The van der Waals surface area contributed by atoms with Crippen molar-refractivity contribution in [3.63, 3.8) is 0 Å². The van der Waals surface area contributed by atoms with Crippen LogP contribution in [-0.4, -0.2) is 19.4 Å². The monoisotopic (exact) mass is 328 g/mol. The van der Waals surface area contributed by atoms with Crippen molar-refractivity contribution in [1.82, 2.24) is 0 Å². The SMILES string of the molecule is CC(C)(C)[Si](C)(C)OCCCCCI. The fourth-order valence-electron chi connectivity index (χ4n) is 0.917. The average Bonchev–Trinajstić information content (AvgIpc) is 2.02. The molecule has 0 heterocycles. The molecule has 0 aromatic carbocycles. The number of hydrogen-bond acceptors (Lipinski definition) is 1. The minimum Gasteiger partial charge on any atom is -0.417 e. The molecule has 1 nitrogen and oxygen atoms in total. The van der Waals surface area contributed by atoms with E-state index in [0.717, 1.165) is 6.61 Å². The van der Waals surface area contributed by atoms with Gasteiger partial charge >= 0.3 is 0 Å². The van der Waals surface area contributed by atoms with Gasteiger partial charge in [-0.3, -0.25) is 0 Å². The molecule has 3 heteroatoms. The molecule has 0 saturated carbocycles. The Morgan fingerprint density at radius 1 is 1.07 bits per heavy atom. The van der Waals surface area contributed by atoms with E-state index >= 15 is 0 Å². The van der Waals surface area contributed by atoms with Gasteiger partial charge in [-0.15, -0.1) is 0 Å². The molecule has 0 rings (SSSR count). The Morgan fingerprint density at radius 2 is 1.64 bits per heavy atom. The zero-order chi connectivity index (χ0) is 11.2. The summed E-state index contributed by atoms with van der Waals surface area (Å²) in [6.45, 7) is 12.5. The van der Waals surface area contributed by atoms with Crippen molar-refractivity contribution >= 4 is 30.9 Å². The van der Waals surface area contributed by atoms with Crippen LogP contribution < -0.4 is 0 Å². The Balaban J connectivity index is 3.67. The van der Waals surface area contributed by atoms with E-state index in [1.807, 2.05) is 0 Å². The molecule has 86 valence electrons. The minimum absolute atomic E-state index is 0.357. The normalized spacial score (nSPS) is 13.3. The molecule has 0 fully saturated rings. The Morgan fingerprint density at radius 3 is 2.07 bits per heavy atom. The van der Waals surface area contributed by atoms with E-state index in [2.05, 4.69) is 56.5 Å². The van der Waals surface area contributed by atoms with E-state index in [0.29, 0.717) is 5.04 Å². The molecule has 14 heavy (non-hydrogen) atoms. The Bertz CT molecular complexity index is 152. The lowest BCUT2D eigenvalue weighted by Gasteiger charge is -2.36. The van der Waals surface area contributed by atoms with Crippen LogP contribution in [0.1, 0.15) is 40.0 Å². The van der Waals surface area contributed by atoms with Gasteiger partial charge in [0.25, 0.3) is 0 Å². The lowest BCUT2D eigenvalue weighted by Crippen LogP contribution is -2.40. The highest BCUT2D eigenvalue weighted by Gasteiger charge is 2.36. The summed E-state index contributed by atoms with van der Waals surface area (Å²) >= 11 is 2.44. The molecule has 0 amide bonds. The fraction of sp³-hybridized carbons (Fsp3) is 1.00. The van der Waals surface area contributed by atoms with Crippen LogP contribution in [0.15, 0.2) is 0 Å². The first-order chi connectivity index (χ1) is 6.31. The zero-order valence-corrected chi connectivity index (χ0v) is 13.5. The summed E-state index contributed by atoms with van der Waals surface area (Å²) in [7, 11) is -1.47. The lowest BCUT2D eigenvalue weighted by atomic mass is 10.2. The van der Waals surface area contributed by atoms with E-state index in [1.165, 1.54) is 23.7 Å². The third-order valence-electron chi connectivity index (χ3n) is 3.05. The highest BCUT2D eigenvalue weighted by Crippen LogP contribution is 2.36. The van der Waals surface area contributed by atoms with Crippen LogP contribution in [0.2, 0.25) is 18.1 Å². The Labute approximate surface area is 104 Å². The van der Waals surface area contributed by atoms with Crippen LogP contribution in [0.25, 0.3) is 0 Å². The highest BCUT2D eigenvalue weighted by atomic mass is 127. The molecular weight excluding hydrogens is 303 g/mol. The summed E-state index contributed by atoms with van der Waals surface area (Å²) in [6.07, 6.45) is 3.88. The number of halogens is 1. The topological polar surface area (TPSA) is 9.23 Å². The minimum atomic E-state index is -1.47. The molecule has 0 unspecified atom stereocenters. The van der Waals surface area contributed by atoms with Crippen LogP contribution in [-0.2, 0) is 4.43 Å². The van der Waals surface area contributed by atoms with Gasteiger partial charge < -0.3 is 4.43 Å². The number of hydrogen-bond donors (Lipinski definition) is 0. The molecule has 0 aromatic heterocycles. The zero-order valence-electron chi connectivity index (χ0n) is 10.3. The summed E-state index contributed by atoms with van der Waals surface area (Å²) in [4.78, 5) is 0. The van der Waals surface area contributed by atoms with Crippen LogP contribution in [0, 0.1) is 0 Å². The summed E-state index contributed by atoms with van der Waals surface area (Å²) in [5.41, 5.74) is 0. The predicted octanol–water partition coefficient (Wildman–Crippen LogP) is 4.61. The maximum absolute atomic E-state index is 6.08. The second kappa shape index (κ2) is 6.48. The van der Waals surface area contributed by atoms with Gasteiger partial charge in [0.15, 0.2) is 8.32 Å². The average molecular weight is 328 g/mol. The molecule has 0 spiro atoms. The van der Waals surface area contributed by atoms with Gasteiger partial charge in [0.05, 0.1) is 0 Å². The van der Waals surface area contributed by atoms with Crippen molar-refractivity contribution in [3.8, 4) is 0 Å².